The Morgan fingerprint density at radius 1 is 1.54 bits per heavy atom. The Morgan fingerprint density at radius 2 is 2.23 bits per heavy atom. The van der Waals surface area contributed by atoms with Gasteiger partial charge in [-0.2, -0.15) is 4.98 Å². The minimum atomic E-state index is -0.640. The van der Waals surface area contributed by atoms with E-state index in [9.17, 15) is 9.59 Å². The molecule has 0 aromatic carbocycles. The highest BCUT2D eigenvalue weighted by Gasteiger charge is 2.11. The van der Waals surface area contributed by atoms with Crippen molar-refractivity contribution in [2.45, 2.75) is 0 Å². The van der Waals surface area contributed by atoms with E-state index < -0.39 is 11.3 Å². The van der Waals surface area contributed by atoms with Crippen molar-refractivity contribution in [3.63, 3.8) is 0 Å². The molecule has 2 aromatic rings. The summed E-state index contributed by atoms with van der Waals surface area (Å²) in [6, 6.07) is 0. The first-order chi connectivity index (χ1) is 6.09. The van der Waals surface area contributed by atoms with Crippen molar-refractivity contribution in [1.82, 2.24) is 14.5 Å². The molecule has 7 heteroatoms. The number of fused-ring (bicyclic) bond motifs is 1. The number of aryl methyl sites for hydroxylation is 1. The van der Waals surface area contributed by atoms with Crippen LogP contribution in [0.25, 0.3) is 11.2 Å². The van der Waals surface area contributed by atoms with Crippen LogP contribution in [0.15, 0.2) is 14.0 Å². The molecule has 68 valence electrons. The van der Waals surface area contributed by atoms with Crippen LogP contribution in [0.5, 0.6) is 0 Å². The molecular formula is C6H6N4O3. The Labute approximate surface area is 70.8 Å². The molecule has 0 atom stereocenters. The number of hydrogen-bond donors (Lipinski definition) is 2. The summed E-state index contributed by atoms with van der Waals surface area (Å²) < 4.78 is 5.74. The fourth-order valence-electron chi connectivity index (χ4n) is 1.03. The summed E-state index contributed by atoms with van der Waals surface area (Å²) in [5.41, 5.74) is 4.76. The van der Waals surface area contributed by atoms with Crippen molar-refractivity contribution in [3.8, 4) is 0 Å². The first-order valence-corrected chi connectivity index (χ1v) is 3.45. The molecule has 2 rings (SSSR count). The number of nitrogens with one attached hydrogen (secondary N) is 1. The van der Waals surface area contributed by atoms with Crippen molar-refractivity contribution in [2.24, 2.45) is 7.05 Å². The van der Waals surface area contributed by atoms with E-state index in [4.69, 9.17) is 5.73 Å². The number of nitrogens with two attached hydrogens (primary N) is 1. The Balaban J connectivity index is 3.12. The maximum atomic E-state index is 11.1. The lowest BCUT2D eigenvalue weighted by Gasteiger charge is -1.91. The second kappa shape index (κ2) is 2.22. The number of aromatic nitrogens is 3. The SMILES string of the molecule is Cn1c(=O)oc2c(=O)[nH]c(N)nc21. The molecule has 2 heterocycles. The van der Waals surface area contributed by atoms with Crippen LogP contribution in [0.1, 0.15) is 0 Å². The smallest absolute Gasteiger partial charge is 0.400 e. The number of aromatic amines is 1. The first-order valence-electron chi connectivity index (χ1n) is 3.45. The average Bonchev–Trinajstić information content (AvgIpc) is 2.32. The largest absolute Gasteiger partial charge is 0.421 e. The molecule has 0 aliphatic rings. The van der Waals surface area contributed by atoms with Crippen LogP contribution in [0.4, 0.5) is 5.95 Å². The number of H-pyrrole nitrogens is 1. The second-order valence-corrected chi connectivity index (χ2v) is 2.53. The molecule has 3 N–H and O–H groups in total. The van der Waals surface area contributed by atoms with Gasteiger partial charge in [-0.3, -0.25) is 14.3 Å². The maximum absolute atomic E-state index is 11.1. The van der Waals surface area contributed by atoms with Gasteiger partial charge in [-0.1, -0.05) is 0 Å². The van der Waals surface area contributed by atoms with E-state index in [1.165, 1.54) is 7.05 Å². The lowest BCUT2D eigenvalue weighted by molar-refractivity contribution is 0.525. The van der Waals surface area contributed by atoms with Crippen LogP contribution < -0.4 is 17.0 Å². The highest BCUT2D eigenvalue weighted by Crippen LogP contribution is 2.02. The molecule has 0 fully saturated rings. The molecule has 0 aliphatic carbocycles. The molecule has 0 spiro atoms. The predicted octanol–water partition coefficient (Wildman–Crippen LogP) is -1.20. The zero-order chi connectivity index (χ0) is 9.59. The summed E-state index contributed by atoms with van der Waals surface area (Å²) in [5.74, 6) is -0.687. The number of nitrogen functional groups attached to an aromatic ring is 1. The van der Waals surface area contributed by atoms with Gasteiger partial charge in [-0.25, -0.2) is 4.79 Å². The van der Waals surface area contributed by atoms with E-state index in [1.807, 2.05) is 0 Å². The lowest BCUT2D eigenvalue weighted by atomic mass is 10.6. The van der Waals surface area contributed by atoms with Crippen molar-refractivity contribution in [3.05, 3.63) is 20.9 Å². The summed E-state index contributed by atoms with van der Waals surface area (Å²) in [6.07, 6.45) is 0. The van der Waals surface area contributed by atoms with Crippen molar-refractivity contribution < 1.29 is 4.42 Å². The second-order valence-electron chi connectivity index (χ2n) is 2.53. The van der Waals surface area contributed by atoms with Gasteiger partial charge in [0.25, 0.3) is 5.56 Å². The normalized spacial score (nSPS) is 10.8. The van der Waals surface area contributed by atoms with Crippen LogP contribution >= 0.6 is 0 Å². The third kappa shape index (κ3) is 0.934. The molecule has 0 saturated carbocycles. The number of hydrogen-bond acceptors (Lipinski definition) is 5. The van der Waals surface area contributed by atoms with E-state index >= 15 is 0 Å². The van der Waals surface area contributed by atoms with Crippen LogP contribution in [-0.4, -0.2) is 14.5 Å². The Bertz CT molecular complexity index is 576. The Kier molecular flexibility index (Phi) is 1.30. The Morgan fingerprint density at radius 3 is 2.92 bits per heavy atom. The number of nitrogens with zero attached hydrogens (tertiary/aromatic N) is 2. The fraction of sp³-hybridized carbons (Fsp3) is 0.167. The van der Waals surface area contributed by atoms with Gasteiger partial charge in [0.05, 0.1) is 0 Å². The lowest BCUT2D eigenvalue weighted by Crippen LogP contribution is -2.12. The summed E-state index contributed by atoms with van der Waals surface area (Å²) in [7, 11) is 1.44. The summed E-state index contributed by atoms with van der Waals surface area (Å²) in [6.45, 7) is 0. The fourth-order valence-corrected chi connectivity index (χ4v) is 1.03. The van der Waals surface area contributed by atoms with E-state index in [0.717, 1.165) is 4.57 Å². The molecule has 0 amide bonds. The van der Waals surface area contributed by atoms with E-state index in [0.29, 0.717) is 0 Å². The number of anilines is 1. The highest BCUT2D eigenvalue weighted by molar-refractivity contribution is 5.67. The minimum Gasteiger partial charge on any atom is -0.400 e. The quantitative estimate of drug-likeness (QED) is 0.532. The van der Waals surface area contributed by atoms with E-state index in [-0.39, 0.29) is 17.2 Å². The Hall–Kier alpha value is -2.05. The zero-order valence-corrected chi connectivity index (χ0v) is 6.70. The summed E-state index contributed by atoms with van der Waals surface area (Å²) in [4.78, 5) is 28.1. The number of rotatable bonds is 0. The maximum Gasteiger partial charge on any atom is 0.421 e. The third-order valence-corrected chi connectivity index (χ3v) is 1.66. The molecule has 0 saturated heterocycles. The van der Waals surface area contributed by atoms with Crippen LogP contribution in [0.2, 0.25) is 0 Å². The summed E-state index contributed by atoms with van der Waals surface area (Å²) in [5, 5.41) is 0. The van der Waals surface area contributed by atoms with Gasteiger partial charge < -0.3 is 10.2 Å². The molecule has 7 nitrogen and oxygen atoms in total. The molecule has 0 bridgehead atoms. The van der Waals surface area contributed by atoms with E-state index in [1.54, 1.807) is 0 Å². The topological polar surface area (TPSA) is 107 Å². The van der Waals surface area contributed by atoms with Gasteiger partial charge in [-0.05, 0) is 0 Å². The molecular weight excluding hydrogens is 176 g/mol. The minimum absolute atomic E-state index is 0.0473. The first kappa shape index (κ1) is 7.59. The van der Waals surface area contributed by atoms with Crippen LogP contribution in [-0.2, 0) is 7.05 Å². The summed E-state index contributed by atoms with van der Waals surface area (Å²) >= 11 is 0. The van der Waals surface area contributed by atoms with Crippen LogP contribution in [0, 0.1) is 0 Å². The molecule has 2 aromatic heterocycles. The van der Waals surface area contributed by atoms with Gasteiger partial charge in [-0.15, -0.1) is 0 Å². The van der Waals surface area contributed by atoms with Crippen molar-refractivity contribution >= 4 is 17.2 Å². The van der Waals surface area contributed by atoms with Gasteiger partial charge in [0.15, 0.2) is 5.65 Å². The molecule has 0 aliphatic heterocycles. The van der Waals surface area contributed by atoms with Gasteiger partial charge in [0.1, 0.15) is 0 Å². The van der Waals surface area contributed by atoms with Crippen molar-refractivity contribution in [2.75, 3.05) is 5.73 Å². The number of oxazole rings is 1. The van der Waals surface area contributed by atoms with Crippen LogP contribution in [0.3, 0.4) is 0 Å². The third-order valence-electron chi connectivity index (χ3n) is 1.66. The molecule has 13 heavy (non-hydrogen) atoms. The average molecular weight is 182 g/mol. The van der Waals surface area contributed by atoms with Gasteiger partial charge in [0.2, 0.25) is 11.5 Å². The van der Waals surface area contributed by atoms with Gasteiger partial charge in [0, 0.05) is 7.05 Å². The highest BCUT2D eigenvalue weighted by atomic mass is 16.4. The monoisotopic (exact) mass is 182 g/mol. The molecule has 0 radical (unpaired) electrons. The van der Waals surface area contributed by atoms with E-state index in [2.05, 4.69) is 14.4 Å². The van der Waals surface area contributed by atoms with Gasteiger partial charge >= 0.3 is 5.76 Å². The zero-order valence-electron chi connectivity index (χ0n) is 6.70. The molecule has 0 unspecified atom stereocenters. The standard InChI is InChI=1S/C6H6N4O3/c1-10-3-2(13-6(10)12)4(11)9-5(7)8-3/h1H3,(H3,7,8,9,11). The van der Waals surface area contributed by atoms with Crippen molar-refractivity contribution in [1.29, 1.82) is 0 Å². The predicted molar refractivity (Wildman–Crippen MR) is 44.3 cm³/mol.